The van der Waals surface area contributed by atoms with Crippen molar-refractivity contribution in [1.29, 1.82) is 0 Å². The van der Waals surface area contributed by atoms with Crippen molar-refractivity contribution < 1.29 is 28.7 Å². The van der Waals surface area contributed by atoms with Gasteiger partial charge in [-0.25, -0.2) is 5.06 Å². The fourth-order valence-corrected chi connectivity index (χ4v) is 6.77. The Labute approximate surface area is 262 Å². The smallest absolute Gasteiger partial charge is 0.269 e. The fourth-order valence-electron chi connectivity index (χ4n) is 6.77. The van der Waals surface area contributed by atoms with Gasteiger partial charge in [0.2, 0.25) is 11.8 Å². The number of benzene rings is 1. The zero-order chi connectivity index (χ0) is 31.8. The van der Waals surface area contributed by atoms with E-state index in [4.69, 9.17) is 14.3 Å². The number of amides is 3. The van der Waals surface area contributed by atoms with Crippen molar-refractivity contribution in [2.75, 3.05) is 33.9 Å². The first-order valence-electron chi connectivity index (χ1n) is 16.3. The molecule has 3 amide bonds. The number of aromatic nitrogens is 1. The molecule has 1 aromatic carbocycles. The molecule has 0 bridgehead atoms. The Kier molecular flexibility index (Phi) is 12.2. The van der Waals surface area contributed by atoms with E-state index in [1.807, 2.05) is 42.3 Å². The third kappa shape index (κ3) is 7.82. The van der Waals surface area contributed by atoms with Crippen LogP contribution in [0.1, 0.15) is 71.8 Å². The van der Waals surface area contributed by atoms with E-state index in [-0.39, 0.29) is 35.8 Å². The van der Waals surface area contributed by atoms with Crippen molar-refractivity contribution in [2.24, 2.45) is 17.8 Å². The minimum atomic E-state index is -0.814. The van der Waals surface area contributed by atoms with Crippen molar-refractivity contribution in [3.63, 3.8) is 0 Å². The number of methoxy groups -OCH3 is 2. The first kappa shape index (κ1) is 33.9. The number of carbonyl (C=O) groups is 3. The molecule has 2 N–H and O–H groups in total. The van der Waals surface area contributed by atoms with Gasteiger partial charge in [-0.15, -0.1) is 0 Å². The molecular formula is C34H52N4O6. The molecule has 2 aromatic rings. The Morgan fingerprint density at radius 3 is 2.52 bits per heavy atom. The molecule has 244 valence electrons. The standard InChI is InChI=1S/C34H52N4O6/c1-7-22(2)23(3)30(42-5)20-31(39)37-16-12-15-29(37)32(43-6)24(4)33(40)36-28(34(41)38-17-10-11-18-44-38)19-25-21-35-27-14-9-8-13-26(25)27/h8-9,13-14,21-24,28-30,32,35H,7,10-12,15-20H2,1-6H3,(H,36,40)/t22?,23-,24?,28-,29?,30?,32?/m0/s1. The second-order valence-electron chi connectivity index (χ2n) is 12.6. The molecule has 0 spiro atoms. The molecule has 7 atom stereocenters. The molecule has 5 unspecified atom stereocenters. The van der Waals surface area contributed by atoms with Crippen LogP contribution in [0.2, 0.25) is 0 Å². The van der Waals surface area contributed by atoms with E-state index in [1.165, 1.54) is 5.06 Å². The zero-order valence-corrected chi connectivity index (χ0v) is 27.3. The van der Waals surface area contributed by atoms with Gasteiger partial charge in [-0.1, -0.05) is 52.3 Å². The largest absolute Gasteiger partial charge is 0.381 e. The maximum absolute atomic E-state index is 13.9. The summed E-state index contributed by atoms with van der Waals surface area (Å²) in [5.41, 5.74) is 1.92. The summed E-state index contributed by atoms with van der Waals surface area (Å²) in [5, 5.41) is 5.45. The van der Waals surface area contributed by atoms with Crippen molar-refractivity contribution in [1.82, 2.24) is 20.3 Å². The number of rotatable bonds is 14. The Hall–Kier alpha value is -2.95. The normalized spacial score (nSPS) is 21.5. The predicted molar refractivity (Wildman–Crippen MR) is 170 cm³/mol. The number of likely N-dealkylation sites (tertiary alicyclic amines) is 1. The van der Waals surface area contributed by atoms with E-state index < -0.39 is 18.1 Å². The maximum atomic E-state index is 13.9. The van der Waals surface area contributed by atoms with Crippen LogP contribution < -0.4 is 5.32 Å². The Morgan fingerprint density at radius 2 is 1.84 bits per heavy atom. The highest BCUT2D eigenvalue weighted by atomic mass is 16.7. The first-order valence-corrected chi connectivity index (χ1v) is 16.3. The van der Waals surface area contributed by atoms with E-state index in [9.17, 15) is 14.4 Å². The minimum Gasteiger partial charge on any atom is -0.381 e. The first-order chi connectivity index (χ1) is 21.2. The zero-order valence-electron chi connectivity index (χ0n) is 27.3. The average Bonchev–Trinajstić information content (AvgIpc) is 3.70. The van der Waals surface area contributed by atoms with E-state index >= 15 is 0 Å². The highest BCUT2D eigenvalue weighted by molar-refractivity contribution is 5.90. The lowest BCUT2D eigenvalue weighted by atomic mass is 9.87. The third-order valence-electron chi connectivity index (χ3n) is 9.95. The molecule has 10 nitrogen and oxygen atoms in total. The number of nitrogens with one attached hydrogen (secondary N) is 2. The minimum absolute atomic E-state index is 0.0267. The number of para-hydroxylation sites is 1. The summed E-state index contributed by atoms with van der Waals surface area (Å²) >= 11 is 0. The van der Waals surface area contributed by atoms with E-state index in [1.54, 1.807) is 14.2 Å². The molecular weight excluding hydrogens is 560 g/mol. The number of hydrogen-bond donors (Lipinski definition) is 2. The summed E-state index contributed by atoms with van der Waals surface area (Å²) in [6.07, 6.45) is 6.18. The summed E-state index contributed by atoms with van der Waals surface area (Å²) in [7, 11) is 3.26. The number of hydroxylamine groups is 2. The Bertz CT molecular complexity index is 1240. The van der Waals surface area contributed by atoms with E-state index in [2.05, 4.69) is 31.1 Å². The SMILES string of the molecule is CCC(C)[C@H](C)C(CC(=O)N1CCCC1C(OC)C(C)C(=O)N[C@@H](Cc1c[nH]c2ccccc12)C(=O)N1CCCCO1)OC. The van der Waals surface area contributed by atoms with Gasteiger partial charge < -0.3 is 24.7 Å². The van der Waals surface area contributed by atoms with E-state index in [0.717, 1.165) is 48.6 Å². The number of nitrogens with zero attached hydrogens (tertiary/aromatic N) is 2. The molecule has 0 saturated carbocycles. The van der Waals surface area contributed by atoms with Gasteiger partial charge in [-0.2, -0.15) is 0 Å². The molecule has 4 rings (SSSR count). The molecule has 10 heteroatoms. The molecule has 2 aliphatic heterocycles. The summed E-state index contributed by atoms with van der Waals surface area (Å²) in [5.74, 6) is -0.439. The van der Waals surface area contributed by atoms with Crippen molar-refractivity contribution in [3.05, 3.63) is 36.0 Å². The Balaban J connectivity index is 1.48. The average molecular weight is 613 g/mol. The van der Waals surface area contributed by atoms with Crippen LogP contribution in [-0.4, -0.2) is 90.9 Å². The molecule has 2 saturated heterocycles. The fraction of sp³-hybridized carbons (Fsp3) is 0.676. The molecule has 3 heterocycles. The molecule has 2 fully saturated rings. The monoisotopic (exact) mass is 612 g/mol. The second-order valence-corrected chi connectivity index (χ2v) is 12.6. The predicted octanol–water partition coefficient (Wildman–Crippen LogP) is 4.48. The lowest BCUT2D eigenvalue weighted by Gasteiger charge is -2.36. The number of hydrogen-bond acceptors (Lipinski definition) is 6. The van der Waals surface area contributed by atoms with Gasteiger partial charge in [-0.05, 0) is 49.1 Å². The highest BCUT2D eigenvalue weighted by Crippen LogP contribution is 2.30. The number of ether oxygens (including phenoxy) is 2. The number of fused-ring (bicyclic) bond motifs is 1. The van der Waals surface area contributed by atoms with Crippen LogP contribution >= 0.6 is 0 Å². The van der Waals surface area contributed by atoms with Crippen molar-refractivity contribution in [2.45, 2.75) is 96.9 Å². The third-order valence-corrected chi connectivity index (χ3v) is 9.95. The van der Waals surface area contributed by atoms with Gasteiger partial charge in [0.1, 0.15) is 6.04 Å². The highest BCUT2D eigenvalue weighted by Gasteiger charge is 2.41. The number of carbonyl (C=O) groups excluding carboxylic acids is 3. The van der Waals surface area contributed by atoms with Crippen LogP contribution in [0.15, 0.2) is 30.5 Å². The maximum Gasteiger partial charge on any atom is 0.269 e. The molecule has 44 heavy (non-hydrogen) atoms. The lowest BCUT2D eigenvalue weighted by molar-refractivity contribution is -0.199. The number of aromatic amines is 1. The van der Waals surface area contributed by atoms with Crippen molar-refractivity contribution >= 4 is 28.6 Å². The second kappa shape index (κ2) is 15.9. The van der Waals surface area contributed by atoms with Gasteiger partial charge >= 0.3 is 0 Å². The van der Waals surface area contributed by atoms with Crippen LogP contribution in [0.3, 0.4) is 0 Å². The molecule has 0 aliphatic carbocycles. The van der Waals surface area contributed by atoms with Gasteiger partial charge in [-0.3, -0.25) is 19.2 Å². The Morgan fingerprint density at radius 1 is 1.07 bits per heavy atom. The number of H-pyrrole nitrogens is 1. The molecule has 2 aliphatic rings. The van der Waals surface area contributed by atoms with Crippen LogP contribution in [-0.2, 0) is 35.1 Å². The van der Waals surface area contributed by atoms with Gasteiger partial charge in [0.05, 0.1) is 37.2 Å². The molecule has 0 radical (unpaired) electrons. The summed E-state index contributed by atoms with van der Waals surface area (Å²) < 4.78 is 11.7. The van der Waals surface area contributed by atoms with Crippen LogP contribution in [0.5, 0.6) is 0 Å². The summed E-state index contributed by atoms with van der Waals surface area (Å²) in [4.78, 5) is 52.0. The quantitative estimate of drug-likeness (QED) is 0.325. The van der Waals surface area contributed by atoms with Crippen LogP contribution in [0, 0.1) is 17.8 Å². The van der Waals surface area contributed by atoms with Gasteiger partial charge in [0.15, 0.2) is 0 Å². The van der Waals surface area contributed by atoms with E-state index in [0.29, 0.717) is 38.5 Å². The summed E-state index contributed by atoms with van der Waals surface area (Å²) in [6, 6.07) is 6.86. The summed E-state index contributed by atoms with van der Waals surface area (Å²) in [6.45, 7) is 9.90. The lowest BCUT2D eigenvalue weighted by Crippen LogP contribution is -2.55. The van der Waals surface area contributed by atoms with Gasteiger partial charge in [0, 0.05) is 50.8 Å². The van der Waals surface area contributed by atoms with Crippen LogP contribution in [0.4, 0.5) is 0 Å². The van der Waals surface area contributed by atoms with Crippen molar-refractivity contribution in [3.8, 4) is 0 Å². The molecule has 1 aromatic heterocycles. The van der Waals surface area contributed by atoms with Gasteiger partial charge in [0.25, 0.3) is 5.91 Å². The topological polar surface area (TPSA) is 113 Å². The van der Waals surface area contributed by atoms with Crippen LogP contribution in [0.25, 0.3) is 10.9 Å².